The maximum atomic E-state index is 13.1. The smallest absolute Gasteiger partial charge is 0.238 e. The van der Waals surface area contributed by atoms with Crippen molar-refractivity contribution in [1.29, 1.82) is 0 Å². The number of likely N-dealkylation sites (tertiary alicyclic amines) is 1. The Hall–Kier alpha value is -3.28. The Bertz CT molecular complexity index is 1360. The van der Waals surface area contributed by atoms with Crippen molar-refractivity contribution in [3.63, 3.8) is 0 Å². The van der Waals surface area contributed by atoms with Gasteiger partial charge in [0.2, 0.25) is 5.91 Å². The molecule has 0 bridgehead atoms. The molecule has 1 fully saturated rings. The first-order valence-corrected chi connectivity index (χ1v) is 15.0. The maximum absolute atomic E-state index is 13.1. The fraction of sp³-hybridized carbons (Fsp3) is 0.500. The summed E-state index contributed by atoms with van der Waals surface area (Å²) in [7, 11) is 0. The van der Waals surface area contributed by atoms with Crippen LogP contribution in [0.1, 0.15) is 55.2 Å². The summed E-state index contributed by atoms with van der Waals surface area (Å²) in [5, 5.41) is 43.7. The lowest BCUT2D eigenvalue weighted by atomic mass is 9.90. The van der Waals surface area contributed by atoms with E-state index in [0.29, 0.717) is 36.9 Å². The fourth-order valence-electron chi connectivity index (χ4n) is 6.21. The molecule has 0 radical (unpaired) electrons. The second kappa shape index (κ2) is 14.3. The maximum Gasteiger partial charge on any atom is 0.238 e. The van der Waals surface area contributed by atoms with Crippen molar-refractivity contribution in [3.05, 3.63) is 59.3 Å². The highest BCUT2D eigenvalue weighted by atomic mass is 16.5. The third kappa shape index (κ3) is 7.19. The SMILES string of the molecule is O=C(CN1CCc2nc3ccccc3c(C(O)N3CCC(CCCCO)CC3)c2C1)Nc1cc(O)ccc1OCCO. The average molecular weight is 579 g/mol. The lowest BCUT2D eigenvalue weighted by molar-refractivity contribution is -0.117. The molecule has 1 saturated heterocycles. The second-order valence-corrected chi connectivity index (χ2v) is 11.3. The number of amides is 1. The third-order valence-electron chi connectivity index (χ3n) is 8.40. The Balaban J connectivity index is 1.32. The number of phenolic OH excluding ortho intramolecular Hbond substituents is 1. The van der Waals surface area contributed by atoms with Gasteiger partial charge in [-0.3, -0.25) is 19.6 Å². The summed E-state index contributed by atoms with van der Waals surface area (Å²) in [5.74, 6) is 0.743. The van der Waals surface area contributed by atoms with E-state index in [1.165, 1.54) is 12.1 Å². The summed E-state index contributed by atoms with van der Waals surface area (Å²) in [6.07, 6.45) is 4.95. The lowest BCUT2D eigenvalue weighted by Crippen LogP contribution is -2.40. The van der Waals surface area contributed by atoms with Gasteiger partial charge in [-0.2, -0.15) is 0 Å². The van der Waals surface area contributed by atoms with E-state index in [4.69, 9.17) is 19.9 Å². The predicted octanol–water partition coefficient (Wildman–Crippen LogP) is 3.17. The number of para-hydroxylation sites is 1. The summed E-state index contributed by atoms with van der Waals surface area (Å²) in [5.41, 5.74) is 4.04. The molecule has 42 heavy (non-hydrogen) atoms. The zero-order valence-electron chi connectivity index (χ0n) is 24.0. The van der Waals surface area contributed by atoms with Crippen LogP contribution in [0.2, 0.25) is 0 Å². The molecule has 1 unspecified atom stereocenters. The molecular formula is C32H42N4O6. The van der Waals surface area contributed by atoms with Crippen molar-refractivity contribution < 1.29 is 30.0 Å². The predicted molar refractivity (Wildman–Crippen MR) is 160 cm³/mol. The van der Waals surface area contributed by atoms with E-state index in [2.05, 4.69) is 15.1 Å². The lowest BCUT2D eigenvalue weighted by Gasteiger charge is -2.38. The number of ether oxygens (including phenoxy) is 1. The number of pyridine rings is 1. The number of hydrogen-bond donors (Lipinski definition) is 5. The van der Waals surface area contributed by atoms with Crippen LogP contribution in [-0.2, 0) is 17.8 Å². The summed E-state index contributed by atoms with van der Waals surface area (Å²) >= 11 is 0. The van der Waals surface area contributed by atoms with Gasteiger partial charge in [0, 0.05) is 61.9 Å². The Kier molecular flexibility index (Phi) is 10.2. The standard InChI is InChI=1S/C32H42N4O6/c37-16-4-3-5-22-10-14-36(15-11-22)32(41)31-24-6-1-2-7-26(24)33-27-12-13-35(20-25(27)31)21-30(40)34-28-19-23(39)8-9-29(28)42-18-17-38/h1-2,6-9,19,22,32,37-39,41H,3-5,10-18,20-21H2,(H,34,40). The van der Waals surface area contributed by atoms with Crippen molar-refractivity contribution in [3.8, 4) is 11.5 Å². The fourth-order valence-corrected chi connectivity index (χ4v) is 6.21. The van der Waals surface area contributed by atoms with Gasteiger partial charge in [0.1, 0.15) is 24.3 Å². The van der Waals surface area contributed by atoms with Gasteiger partial charge in [0.15, 0.2) is 0 Å². The van der Waals surface area contributed by atoms with E-state index in [9.17, 15) is 15.0 Å². The number of carbonyl (C=O) groups excluding carboxylic acids is 1. The molecule has 0 spiro atoms. The Morgan fingerprint density at radius 3 is 2.67 bits per heavy atom. The molecule has 2 aliphatic rings. The van der Waals surface area contributed by atoms with Crippen molar-refractivity contribution >= 4 is 22.5 Å². The number of benzene rings is 2. The number of nitrogens with zero attached hydrogens (tertiary/aromatic N) is 3. The molecule has 226 valence electrons. The molecule has 1 amide bonds. The van der Waals surface area contributed by atoms with E-state index in [1.807, 2.05) is 24.3 Å². The first-order chi connectivity index (χ1) is 20.5. The summed E-state index contributed by atoms with van der Waals surface area (Å²) in [6.45, 7) is 3.03. The van der Waals surface area contributed by atoms with Gasteiger partial charge in [-0.25, -0.2) is 0 Å². The highest BCUT2D eigenvalue weighted by Crippen LogP contribution is 2.36. The number of aliphatic hydroxyl groups is 3. The van der Waals surface area contributed by atoms with Gasteiger partial charge in [0.05, 0.1) is 24.4 Å². The first kappa shape index (κ1) is 30.2. The van der Waals surface area contributed by atoms with E-state index in [0.717, 1.165) is 72.9 Å². The number of nitrogens with one attached hydrogen (secondary N) is 1. The van der Waals surface area contributed by atoms with E-state index >= 15 is 0 Å². The van der Waals surface area contributed by atoms with Crippen LogP contribution in [0, 0.1) is 5.92 Å². The Labute approximate surface area is 246 Å². The highest BCUT2D eigenvalue weighted by molar-refractivity contribution is 5.94. The van der Waals surface area contributed by atoms with Gasteiger partial charge < -0.3 is 30.5 Å². The van der Waals surface area contributed by atoms with Gasteiger partial charge in [-0.1, -0.05) is 31.0 Å². The number of aromatic hydroxyl groups is 1. The number of hydrogen-bond acceptors (Lipinski definition) is 9. The van der Waals surface area contributed by atoms with Gasteiger partial charge >= 0.3 is 0 Å². The minimum absolute atomic E-state index is 0.000627. The van der Waals surface area contributed by atoms with E-state index < -0.39 is 6.23 Å². The van der Waals surface area contributed by atoms with Crippen LogP contribution in [0.3, 0.4) is 0 Å². The van der Waals surface area contributed by atoms with Crippen molar-refractivity contribution in [1.82, 2.24) is 14.8 Å². The zero-order chi connectivity index (χ0) is 29.5. The quantitative estimate of drug-likeness (QED) is 0.205. The van der Waals surface area contributed by atoms with Crippen LogP contribution in [0.4, 0.5) is 5.69 Å². The number of phenols is 1. The van der Waals surface area contributed by atoms with Crippen LogP contribution < -0.4 is 10.1 Å². The van der Waals surface area contributed by atoms with E-state index in [1.54, 1.807) is 6.07 Å². The second-order valence-electron chi connectivity index (χ2n) is 11.3. The minimum Gasteiger partial charge on any atom is -0.508 e. The van der Waals surface area contributed by atoms with Crippen LogP contribution in [-0.4, -0.2) is 87.1 Å². The molecule has 10 nitrogen and oxygen atoms in total. The Morgan fingerprint density at radius 2 is 1.88 bits per heavy atom. The van der Waals surface area contributed by atoms with Crippen molar-refractivity contribution in [2.24, 2.45) is 5.92 Å². The molecular weight excluding hydrogens is 536 g/mol. The number of carbonyl (C=O) groups is 1. The number of anilines is 1. The largest absolute Gasteiger partial charge is 0.508 e. The molecule has 1 aromatic heterocycles. The molecule has 0 aliphatic carbocycles. The number of piperidine rings is 1. The Morgan fingerprint density at radius 1 is 1.07 bits per heavy atom. The molecule has 2 aliphatic heterocycles. The molecule has 0 saturated carbocycles. The molecule has 1 atom stereocenters. The number of fused-ring (bicyclic) bond motifs is 2. The first-order valence-electron chi connectivity index (χ1n) is 15.0. The molecule has 10 heteroatoms. The minimum atomic E-state index is -0.766. The summed E-state index contributed by atoms with van der Waals surface area (Å²) in [4.78, 5) is 22.3. The molecule has 2 aromatic carbocycles. The highest BCUT2D eigenvalue weighted by Gasteiger charge is 2.31. The summed E-state index contributed by atoms with van der Waals surface area (Å²) in [6, 6.07) is 12.4. The molecule has 3 heterocycles. The number of rotatable bonds is 12. The van der Waals surface area contributed by atoms with Crippen molar-refractivity contribution in [2.45, 2.75) is 51.3 Å². The van der Waals surface area contributed by atoms with E-state index in [-0.39, 0.29) is 38.0 Å². The normalized spacial score (nSPS) is 17.2. The number of aliphatic hydroxyl groups excluding tert-OH is 3. The average Bonchev–Trinajstić information content (AvgIpc) is 2.99. The molecule has 5 N–H and O–H groups in total. The van der Waals surface area contributed by atoms with Crippen LogP contribution in [0.5, 0.6) is 11.5 Å². The zero-order valence-corrected chi connectivity index (χ0v) is 24.0. The number of aromatic nitrogens is 1. The molecule has 5 rings (SSSR count). The van der Waals surface area contributed by atoms with Crippen LogP contribution >= 0.6 is 0 Å². The topological polar surface area (TPSA) is 139 Å². The molecule has 3 aromatic rings. The van der Waals surface area contributed by atoms with Crippen LogP contribution in [0.25, 0.3) is 10.9 Å². The van der Waals surface area contributed by atoms with Gasteiger partial charge in [-0.05, 0) is 48.9 Å². The monoisotopic (exact) mass is 578 g/mol. The van der Waals surface area contributed by atoms with Crippen LogP contribution in [0.15, 0.2) is 42.5 Å². The van der Waals surface area contributed by atoms with Gasteiger partial charge in [0.25, 0.3) is 0 Å². The van der Waals surface area contributed by atoms with Gasteiger partial charge in [-0.15, -0.1) is 0 Å². The third-order valence-corrected chi connectivity index (χ3v) is 8.40. The number of unbranched alkanes of at least 4 members (excludes halogenated alkanes) is 1. The van der Waals surface area contributed by atoms with Crippen molar-refractivity contribution in [2.75, 3.05) is 51.3 Å². The summed E-state index contributed by atoms with van der Waals surface area (Å²) < 4.78 is 5.51.